The molecule has 10 aromatic rings. The van der Waals surface area contributed by atoms with Crippen LogP contribution in [0.4, 0.5) is 0 Å². The summed E-state index contributed by atoms with van der Waals surface area (Å²) in [5, 5.41) is 8.39. The molecule has 11 rings (SSSR count). The molecular weight excluding hydrogens is 1230 g/mol. The van der Waals surface area contributed by atoms with E-state index in [-0.39, 0.29) is 19.0 Å². The first-order chi connectivity index (χ1) is 48.3. The first kappa shape index (κ1) is 74.8. The Hall–Kier alpha value is -7.42. The molecule has 1 saturated heterocycles. The van der Waals surface area contributed by atoms with Crippen LogP contribution < -0.4 is 41.3 Å². The lowest BCUT2D eigenvalue weighted by atomic mass is 9.83. The van der Waals surface area contributed by atoms with Crippen LogP contribution in [0.1, 0.15) is 170 Å². The minimum atomic E-state index is -0.446. The second-order valence-corrected chi connectivity index (χ2v) is 30.9. The maximum absolute atomic E-state index is 6.36. The Morgan fingerprint density at radius 2 is 0.612 bits per heavy atom. The second-order valence-electron chi connectivity index (χ2n) is 26.4. The molecule has 0 N–H and O–H groups in total. The Morgan fingerprint density at radius 1 is 0.316 bits per heavy atom. The van der Waals surface area contributed by atoms with Gasteiger partial charge in [-0.1, -0.05) is 341 Å². The molecule has 6 heteroatoms. The monoisotopic (exact) mass is 1340 g/mol. The summed E-state index contributed by atoms with van der Waals surface area (Å²) in [5.74, 6) is 1.74. The van der Waals surface area contributed by atoms with Gasteiger partial charge < -0.3 is 18.9 Å². The third kappa shape index (κ3) is 23.9. The van der Waals surface area contributed by atoms with Crippen molar-refractivity contribution in [1.82, 2.24) is 0 Å². The van der Waals surface area contributed by atoms with Gasteiger partial charge in [0, 0.05) is 6.42 Å². The van der Waals surface area contributed by atoms with E-state index in [2.05, 4.69) is 284 Å². The third-order valence-corrected chi connectivity index (χ3v) is 23.5. The Bertz CT molecular complexity index is 3470. The van der Waals surface area contributed by atoms with Crippen LogP contribution in [0.5, 0.6) is 11.5 Å². The van der Waals surface area contributed by atoms with Gasteiger partial charge in [0.15, 0.2) is 0 Å². The SMILES string of the molecule is CCCCCCc1cc(-c2cc(CCCCCC)c(-c3ccc(OCC4CC(COc5ccc(C)cc5)OCO4)cc3)cc2CCCCCC)c(CCCCCC)cc1C.c1ccc(P(c2ccccc2)c2ccccc2)cc1.c1ccc(P(c2ccccc2)c2ccccc2)cc1. The number of hydrogen-bond acceptors (Lipinski definition) is 4. The molecule has 4 nitrogen and oxygen atoms in total. The van der Waals surface area contributed by atoms with Crippen LogP contribution in [0.25, 0.3) is 22.3 Å². The predicted molar refractivity (Wildman–Crippen MR) is 425 cm³/mol. The first-order valence-electron chi connectivity index (χ1n) is 37.2. The molecule has 0 amide bonds. The lowest BCUT2D eigenvalue weighted by Gasteiger charge is -2.29. The Labute approximate surface area is 593 Å². The highest BCUT2D eigenvalue weighted by Crippen LogP contribution is 2.40. The van der Waals surface area contributed by atoms with Crippen molar-refractivity contribution in [3.8, 4) is 33.8 Å². The smallest absolute Gasteiger partial charge is 0.147 e. The molecule has 2 unspecified atom stereocenters. The summed E-state index contributed by atoms with van der Waals surface area (Å²) in [6.45, 7) is 15.0. The van der Waals surface area contributed by atoms with E-state index in [0.29, 0.717) is 13.2 Å². The normalized spacial score (nSPS) is 13.5. The Kier molecular flexibility index (Phi) is 32.4. The lowest BCUT2D eigenvalue weighted by molar-refractivity contribution is -0.188. The van der Waals surface area contributed by atoms with E-state index in [1.165, 1.54) is 185 Å². The number of unbranched alkanes of at least 4 members (excludes halogenated alkanes) is 12. The number of hydrogen-bond donors (Lipinski definition) is 0. The molecule has 2 atom stereocenters. The summed E-state index contributed by atoms with van der Waals surface area (Å²) in [6.07, 6.45) is 25.7. The van der Waals surface area contributed by atoms with E-state index in [4.69, 9.17) is 18.9 Å². The van der Waals surface area contributed by atoms with Gasteiger partial charge in [0.2, 0.25) is 0 Å². The van der Waals surface area contributed by atoms with Gasteiger partial charge in [-0.3, -0.25) is 0 Å². The van der Waals surface area contributed by atoms with Crippen molar-refractivity contribution in [3.05, 3.63) is 288 Å². The molecule has 0 aromatic heterocycles. The molecule has 1 heterocycles. The molecule has 512 valence electrons. The van der Waals surface area contributed by atoms with Gasteiger partial charge in [0.05, 0.1) is 12.2 Å². The zero-order valence-electron chi connectivity index (χ0n) is 59.9. The number of aryl methyl sites for hydroxylation is 6. The van der Waals surface area contributed by atoms with Gasteiger partial charge >= 0.3 is 0 Å². The first-order valence-corrected chi connectivity index (χ1v) is 39.9. The molecule has 98 heavy (non-hydrogen) atoms. The standard InChI is InChI=1S/C56H80O4.2C18H15P/c1-7-11-15-19-23-46-36-55(47(35-44(46)6)24-20-16-12-8-2)56-38-48(25-21-17-13-9-3)54(37-49(56)26-22-18-14-10-4)45-29-33-51(34-30-45)58-41-53-39-52(59-42-60-53)40-57-50-31-27-43(5)28-32-50;2*1-4-10-16(11-5-1)19(17-12-6-2-7-13-17)18-14-8-3-9-15-18/h27-38,52-53H,7-26,39-42H2,1-6H3;2*1-15H. The van der Waals surface area contributed by atoms with Crippen LogP contribution in [0, 0.1) is 13.8 Å². The summed E-state index contributed by atoms with van der Waals surface area (Å²) in [7, 11) is -0.892. The van der Waals surface area contributed by atoms with E-state index in [1.54, 1.807) is 11.1 Å². The van der Waals surface area contributed by atoms with Crippen LogP contribution in [0.15, 0.2) is 255 Å². The van der Waals surface area contributed by atoms with E-state index in [1.807, 2.05) is 12.1 Å². The van der Waals surface area contributed by atoms with Gasteiger partial charge in [-0.25, -0.2) is 0 Å². The van der Waals surface area contributed by atoms with E-state index < -0.39 is 15.8 Å². The average molecular weight is 1340 g/mol. The number of benzene rings is 10. The molecule has 0 spiro atoms. The molecule has 0 saturated carbocycles. The molecule has 0 bridgehead atoms. The number of rotatable bonds is 34. The van der Waals surface area contributed by atoms with Crippen LogP contribution >= 0.6 is 15.8 Å². The minimum Gasteiger partial charge on any atom is -0.491 e. The van der Waals surface area contributed by atoms with E-state index in [0.717, 1.165) is 37.2 Å². The molecule has 1 fully saturated rings. The van der Waals surface area contributed by atoms with Crippen LogP contribution in [0.3, 0.4) is 0 Å². The quantitative estimate of drug-likeness (QED) is 0.0298. The van der Waals surface area contributed by atoms with Crippen LogP contribution in [0.2, 0.25) is 0 Å². The maximum Gasteiger partial charge on any atom is 0.147 e. The fraction of sp³-hybridized carbons (Fsp3) is 0.348. The van der Waals surface area contributed by atoms with Gasteiger partial charge in [0.25, 0.3) is 0 Å². The Balaban J connectivity index is 0.000000235. The van der Waals surface area contributed by atoms with Crippen molar-refractivity contribution < 1.29 is 18.9 Å². The average Bonchev–Trinajstić information content (AvgIpc) is 0.770. The van der Waals surface area contributed by atoms with Crippen molar-refractivity contribution in [1.29, 1.82) is 0 Å². The summed E-state index contributed by atoms with van der Waals surface area (Å²) in [6, 6.07) is 92.1. The number of ether oxygens (including phenoxy) is 4. The highest BCUT2D eigenvalue weighted by molar-refractivity contribution is 7.80. The van der Waals surface area contributed by atoms with Crippen molar-refractivity contribution in [2.24, 2.45) is 0 Å². The fourth-order valence-corrected chi connectivity index (χ4v) is 17.7. The lowest BCUT2D eigenvalue weighted by Crippen LogP contribution is -2.38. The summed E-state index contributed by atoms with van der Waals surface area (Å²) >= 11 is 0. The van der Waals surface area contributed by atoms with Crippen molar-refractivity contribution in [2.45, 2.75) is 189 Å². The van der Waals surface area contributed by atoms with E-state index >= 15 is 0 Å². The van der Waals surface area contributed by atoms with Crippen molar-refractivity contribution in [3.63, 3.8) is 0 Å². The molecule has 0 aliphatic carbocycles. The third-order valence-electron chi connectivity index (χ3n) is 18.7. The summed E-state index contributed by atoms with van der Waals surface area (Å²) in [4.78, 5) is 0. The topological polar surface area (TPSA) is 36.9 Å². The van der Waals surface area contributed by atoms with Crippen LogP contribution in [-0.4, -0.2) is 32.2 Å². The molecule has 0 radical (unpaired) electrons. The van der Waals surface area contributed by atoms with Crippen LogP contribution in [-0.2, 0) is 35.2 Å². The second kappa shape index (κ2) is 42.5. The fourth-order valence-electron chi connectivity index (χ4n) is 13.1. The molecular formula is C92H110O4P2. The molecule has 10 aromatic carbocycles. The highest BCUT2D eigenvalue weighted by atomic mass is 31.1. The molecule has 1 aliphatic rings. The summed E-state index contributed by atoms with van der Waals surface area (Å²) in [5.41, 5.74) is 14.5. The van der Waals surface area contributed by atoms with E-state index in [9.17, 15) is 0 Å². The zero-order valence-corrected chi connectivity index (χ0v) is 61.7. The zero-order chi connectivity index (χ0) is 68.2. The van der Waals surface area contributed by atoms with Crippen molar-refractivity contribution >= 4 is 47.7 Å². The summed E-state index contributed by atoms with van der Waals surface area (Å²) < 4.78 is 24.2. The molecule has 1 aliphatic heterocycles. The maximum atomic E-state index is 6.36. The minimum absolute atomic E-state index is 0.0275. The largest absolute Gasteiger partial charge is 0.491 e. The van der Waals surface area contributed by atoms with Gasteiger partial charge in [0.1, 0.15) is 31.5 Å². The van der Waals surface area contributed by atoms with Gasteiger partial charge in [-0.2, -0.15) is 0 Å². The Morgan fingerprint density at radius 3 is 0.959 bits per heavy atom. The van der Waals surface area contributed by atoms with Gasteiger partial charge in [-0.05, 0) is 187 Å². The van der Waals surface area contributed by atoms with Gasteiger partial charge in [-0.15, -0.1) is 0 Å². The highest BCUT2D eigenvalue weighted by Gasteiger charge is 2.25. The van der Waals surface area contributed by atoms with Crippen molar-refractivity contribution in [2.75, 3.05) is 20.0 Å². The predicted octanol–water partition coefficient (Wildman–Crippen LogP) is 22.6.